The van der Waals surface area contributed by atoms with Gasteiger partial charge in [0.25, 0.3) is 0 Å². The van der Waals surface area contributed by atoms with Gasteiger partial charge in [-0.05, 0) is 54.7 Å². The van der Waals surface area contributed by atoms with Gasteiger partial charge >= 0.3 is 0 Å². The Kier molecular flexibility index (Phi) is 4.34. The summed E-state index contributed by atoms with van der Waals surface area (Å²) in [5, 5.41) is 0. The van der Waals surface area contributed by atoms with Gasteiger partial charge in [-0.3, -0.25) is 9.59 Å². The Labute approximate surface area is 169 Å². The van der Waals surface area contributed by atoms with E-state index in [2.05, 4.69) is 22.1 Å². The molecule has 148 valence electrons. The third-order valence-electron chi connectivity index (χ3n) is 6.07. The number of benzene rings is 2. The van der Waals surface area contributed by atoms with Crippen LogP contribution in [0, 0.1) is 5.92 Å². The first-order valence-corrected chi connectivity index (χ1v) is 10.2. The number of carbonyl (C=O) groups excluding carboxylic acids is 2. The molecule has 29 heavy (non-hydrogen) atoms. The standard InChI is InChI=1S/C23H24N4O2/c1-26(14-21-24-19-7-2-3-8-20(19)25-21)23(29)17-12-22(28)27(13-17)18-10-9-15-5-4-6-16(15)11-18/h2-3,7-11,17H,4-6,12-14H2,1H3,(H,24,25)/t17-/m1/s1. The molecular formula is C23H24N4O2. The molecule has 6 heteroatoms. The van der Waals surface area contributed by atoms with Crippen molar-refractivity contribution in [1.29, 1.82) is 0 Å². The molecule has 3 aromatic rings. The minimum Gasteiger partial charge on any atom is -0.340 e. The molecule has 1 N–H and O–H groups in total. The lowest BCUT2D eigenvalue weighted by atomic mass is 10.1. The smallest absolute Gasteiger partial charge is 0.228 e. The van der Waals surface area contributed by atoms with Crippen LogP contribution in [-0.2, 0) is 29.0 Å². The number of H-pyrrole nitrogens is 1. The lowest BCUT2D eigenvalue weighted by molar-refractivity contribution is -0.135. The van der Waals surface area contributed by atoms with Crippen molar-refractivity contribution >= 4 is 28.5 Å². The van der Waals surface area contributed by atoms with Crippen LogP contribution in [0.15, 0.2) is 42.5 Å². The minimum absolute atomic E-state index is 0.0116. The first-order chi connectivity index (χ1) is 14.1. The highest BCUT2D eigenvalue weighted by atomic mass is 16.2. The molecule has 1 atom stereocenters. The second kappa shape index (κ2) is 7.03. The molecule has 5 rings (SSSR count). The highest BCUT2D eigenvalue weighted by Crippen LogP contribution is 2.31. The molecule has 0 radical (unpaired) electrons. The van der Waals surface area contributed by atoms with Gasteiger partial charge in [0.15, 0.2) is 0 Å². The van der Waals surface area contributed by atoms with Crippen LogP contribution in [0.25, 0.3) is 11.0 Å². The summed E-state index contributed by atoms with van der Waals surface area (Å²) in [6.07, 6.45) is 3.64. The summed E-state index contributed by atoms with van der Waals surface area (Å²) in [7, 11) is 1.78. The second-order valence-corrected chi connectivity index (χ2v) is 8.11. The molecule has 0 unspecified atom stereocenters. The maximum absolute atomic E-state index is 13.0. The van der Waals surface area contributed by atoms with Gasteiger partial charge < -0.3 is 14.8 Å². The molecule has 0 spiro atoms. The average molecular weight is 388 g/mol. The van der Waals surface area contributed by atoms with E-state index in [0.29, 0.717) is 13.1 Å². The van der Waals surface area contributed by atoms with E-state index >= 15 is 0 Å². The largest absolute Gasteiger partial charge is 0.340 e. The SMILES string of the molecule is CN(Cc1nc2ccccc2[nH]1)C(=O)[C@@H]1CC(=O)N(c2ccc3c(c2)CCC3)C1. The van der Waals surface area contributed by atoms with Crippen molar-refractivity contribution in [1.82, 2.24) is 14.9 Å². The van der Waals surface area contributed by atoms with E-state index < -0.39 is 0 Å². The molecule has 1 aromatic heterocycles. The Morgan fingerprint density at radius 3 is 2.90 bits per heavy atom. The van der Waals surface area contributed by atoms with Crippen molar-refractivity contribution in [3.63, 3.8) is 0 Å². The fourth-order valence-electron chi connectivity index (χ4n) is 4.54. The Balaban J connectivity index is 1.28. The van der Waals surface area contributed by atoms with Crippen molar-refractivity contribution in [3.8, 4) is 0 Å². The molecule has 2 aliphatic rings. The maximum Gasteiger partial charge on any atom is 0.228 e. The molecule has 0 bridgehead atoms. The number of aryl methyl sites for hydroxylation is 2. The van der Waals surface area contributed by atoms with Gasteiger partial charge in [0, 0.05) is 25.7 Å². The van der Waals surface area contributed by atoms with Gasteiger partial charge in [0.1, 0.15) is 5.82 Å². The van der Waals surface area contributed by atoms with E-state index in [1.165, 1.54) is 17.5 Å². The second-order valence-electron chi connectivity index (χ2n) is 8.11. The number of para-hydroxylation sites is 2. The zero-order chi connectivity index (χ0) is 20.0. The molecule has 2 aromatic carbocycles. The number of hydrogen-bond acceptors (Lipinski definition) is 3. The van der Waals surface area contributed by atoms with E-state index in [-0.39, 0.29) is 24.2 Å². The Hall–Kier alpha value is -3.15. The predicted octanol–water partition coefficient (Wildman–Crippen LogP) is 3.06. The van der Waals surface area contributed by atoms with E-state index in [0.717, 1.165) is 35.4 Å². The fourth-order valence-corrected chi connectivity index (χ4v) is 4.54. The summed E-state index contributed by atoms with van der Waals surface area (Å²) in [6, 6.07) is 14.1. The maximum atomic E-state index is 13.0. The van der Waals surface area contributed by atoms with Gasteiger partial charge in [-0.2, -0.15) is 0 Å². The van der Waals surface area contributed by atoms with Crippen molar-refractivity contribution in [3.05, 3.63) is 59.4 Å². The number of hydrogen-bond donors (Lipinski definition) is 1. The predicted molar refractivity (Wildman–Crippen MR) is 111 cm³/mol. The molecule has 1 saturated heterocycles. The molecule has 0 saturated carbocycles. The summed E-state index contributed by atoms with van der Waals surface area (Å²) in [4.78, 5) is 36.8. The van der Waals surface area contributed by atoms with Crippen LogP contribution in [0.5, 0.6) is 0 Å². The fraction of sp³-hybridized carbons (Fsp3) is 0.348. The van der Waals surface area contributed by atoms with Crippen molar-refractivity contribution < 1.29 is 9.59 Å². The third-order valence-corrected chi connectivity index (χ3v) is 6.07. The monoisotopic (exact) mass is 388 g/mol. The van der Waals surface area contributed by atoms with E-state index in [9.17, 15) is 9.59 Å². The van der Waals surface area contributed by atoms with Crippen LogP contribution in [0.4, 0.5) is 5.69 Å². The summed E-state index contributed by atoms with van der Waals surface area (Å²) >= 11 is 0. The minimum atomic E-state index is -0.315. The number of carbonyl (C=O) groups is 2. The molecule has 1 aliphatic heterocycles. The Morgan fingerprint density at radius 2 is 2.03 bits per heavy atom. The van der Waals surface area contributed by atoms with Crippen LogP contribution >= 0.6 is 0 Å². The van der Waals surface area contributed by atoms with Gasteiger partial charge in [-0.15, -0.1) is 0 Å². The zero-order valence-corrected chi connectivity index (χ0v) is 16.5. The molecule has 1 aliphatic carbocycles. The highest BCUT2D eigenvalue weighted by molar-refractivity contribution is 6.00. The van der Waals surface area contributed by atoms with Gasteiger partial charge in [0.05, 0.1) is 23.5 Å². The van der Waals surface area contributed by atoms with Crippen LogP contribution < -0.4 is 4.90 Å². The third kappa shape index (κ3) is 3.28. The summed E-state index contributed by atoms with van der Waals surface area (Å²) < 4.78 is 0. The Morgan fingerprint density at radius 1 is 1.21 bits per heavy atom. The summed E-state index contributed by atoms with van der Waals surface area (Å²) in [6.45, 7) is 0.845. The van der Waals surface area contributed by atoms with E-state index in [4.69, 9.17) is 0 Å². The summed E-state index contributed by atoms with van der Waals surface area (Å²) in [5.74, 6) is 0.452. The molecule has 6 nitrogen and oxygen atoms in total. The lowest BCUT2D eigenvalue weighted by Crippen LogP contribution is -2.34. The number of fused-ring (bicyclic) bond motifs is 2. The van der Waals surface area contributed by atoms with Crippen LogP contribution in [0.1, 0.15) is 29.8 Å². The van der Waals surface area contributed by atoms with Crippen molar-refractivity contribution in [2.75, 3.05) is 18.5 Å². The zero-order valence-electron chi connectivity index (χ0n) is 16.5. The van der Waals surface area contributed by atoms with Gasteiger partial charge in [0.2, 0.25) is 11.8 Å². The number of imidazole rings is 1. The molecular weight excluding hydrogens is 364 g/mol. The van der Waals surface area contributed by atoms with E-state index in [1.54, 1.807) is 16.8 Å². The molecule has 1 fully saturated rings. The van der Waals surface area contributed by atoms with Crippen LogP contribution in [0.2, 0.25) is 0 Å². The Bertz CT molecular complexity index is 1070. The first kappa shape index (κ1) is 17.9. The van der Waals surface area contributed by atoms with Crippen LogP contribution in [0.3, 0.4) is 0 Å². The molecule has 2 amide bonds. The number of anilines is 1. The number of nitrogens with zero attached hydrogens (tertiary/aromatic N) is 3. The molecule has 2 heterocycles. The lowest BCUT2D eigenvalue weighted by Gasteiger charge is -2.21. The normalized spacial score (nSPS) is 18.4. The quantitative estimate of drug-likeness (QED) is 0.747. The average Bonchev–Trinajstić information content (AvgIpc) is 3.43. The topological polar surface area (TPSA) is 69.3 Å². The first-order valence-electron chi connectivity index (χ1n) is 10.2. The van der Waals surface area contributed by atoms with E-state index in [1.807, 2.05) is 30.3 Å². The number of amides is 2. The number of rotatable bonds is 4. The number of aromatic amines is 1. The number of nitrogens with one attached hydrogen (secondary N) is 1. The van der Waals surface area contributed by atoms with Crippen LogP contribution in [-0.4, -0.2) is 40.3 Å². The van der Waals surface area contributed by atoms with Crippen molar-refractivity contribution in [2.45, 2.75) is 32.2 Å². The summed E-state index contributed by atoms with van der Waals surface area (Å²) in [5.41, 5.74) is 5.50. The van der Waals surface area contributed by atoms with Gasteiger partial charge in [-0.1, -0.05) is 18.2 Å². The van der Waals surface area contributed by atoms with Gasteiger partial charge in [-0.25, -0.2) is 4.98 Å². The number of aromatic nitrogens is 2. The highest BCUT2D eigenvalue weighted by Gasteiger charge is 2.36. The van der Waals surface area contributed by atoms with Crippen molar-refractivity contribution in [2.24, 2.45) is 5.92 Å².